The van der Waals surface area contributed by atoms with Crippen molar-refractivity contribution in [1.82, 2.24) is 0 Å². The molecule has 18 heavy (non-hydrogen) atoms. The number of nitrogens with one attached hydrogen (secondary N) is 1. The second-order valence-electron chi connectivity index (χ2n) is 3.84. The van der Waals surface area contributed by atoms with Gasteiger partial charge in [0.25, 0.3) is 5.91 Å². The van der Waals surface area contributed by atoms with E-state index in [-0.39, 0.29) is 5.56 Å². The lowest BCUT2D eigenvalue weighted by Crippen LogP contribution is -2.13. The van der Waals surface area contributed by atoms with Gasteiger partial charge in [-0.3, -0.25) is 4.79 Å². The highest BCUT2D eigenvalue weighted by atomic mass is 19.1. The molecule has 0 heterocycles. The van der Waals surface area contributed by atoms with Crippen molar-refractivity contribution in [3.05, 3.63) is 65.5 Å². The van der Waals surface area contributed by atoms with Crippen molar-refractivity contribution in [3.8, 4) is 0 Å². The first kappa shape index (κ1) is 12.3. The lowest BCUT2D eigenvalue weighted by atomic mass is 10.1. The van der Waals surface area contributed by atoms with Crippen LogP contribution in [0.5, 0.6) is 0 Å². The van der Waals surface area contributed by atoms with E-state index < -0.39 is 11.7 Å². The largest absolute Gasteiger partial charge is 0.326 e. The molecule has 0 unspecified atom stereocenters. The number of hydrogen-bond acceptors (Lipinski definition) is 2. The van der Waals surface area contributed by atoms with E-state index in [4.69, 9.17) is 5.73 Å². The molecule has 2 aromatic rings. The van der Waals surface area contributed by atoms with E-state index in [9.17, 15) is 9.18 Å². The second kappa shape index (κ2) is 5.42. The van der Waals surface area contributed by atoms with Crippen molar-refractivity contribution in [1.29, 1.82) is 0 Å². The van der Waals surface area contributed by atoms with Gasteiger partial charge in [0.2, 0.25) is 0 Å². The van der Waals surface area contributed by atoms with Crippen LogP contribution >= 0.6 is 0 Å². The van der Waals surface area contributed by atoms with Gasteiger partial charge in [-0.2, -0.15) is 0 Å². The number of benzene rings is 2. The molecule has 0 radical (unpaired) electrons. The van der Waals surface area contributed by atoms with Gasteiger partial charge in [0, 0.05) is 12.2 Å². The minimum absolute atomic E-state index is 0.0238. The highest BCUT2D eigenvalue weighted by molar-refractivity contribution is 6.04. The van der Waals surface area contributed by atoms with E-state index in [0.717, 1.165) is 5.56 Å². The highest BCUT2D eigenvalue weighted by Crippen LogP contribution is 2.13. The van der Waals surface area contributed by atoms with Crippen LogP contribution in [0.15, 0.2) is 48.5 Å². The quantitative estimate of drug-likeness (QED) is 0.871. The minimum atomic E-state index is -0.537. The fraction of sp³-hybridized carbons (Fsp3) is 0.0714. The van der Waals surface area contributed by atoms with E-state index in [0.29, 0.717) is 12.2 Å². The first-order valence-electron chi connectivity index (χ1n) is 5.55. The molecular formula is C14H13FN2O. The van der Waals surface area contributed by atoms with Gasteiger partial charge in [0.1, 0.15) is 5.82 Å². The molecule has 0 saturated heterocycles. The number of halogens is 1. The standard InChI is InChI=1S/C14H13FN2O/c15-13-7-2-1-6-12(13)14(18)17-11-5-3-4-10(8-11)9-16/h1-8H,9,16H2,(H,17,18). The zero-order valence-electron chi connectivity index (χ0n) is 9.69. The predicted molar refractivity (Wildman–Crippen MR) is 68.7 cm³/mol. The third-order valence-corrected chi connectivity index (χ3v) is 2.54. The van der Waals surface area contributed by atoms with Crippen molar-refractivity contribution in [2.45, 2.75) is 6.54 Å². The van der Waals surface area contributed by atoms with Gasteiger partial charge in [-0.25, -0.2) is 4.39 Å². The molecule has 2 rings (SSSR count). The zero-order valence-corrected chi connectivity index (χ0v) is 9.69. The van der Waals surface area contributed by atoms with Crippen LogP contribution in [0.4, 0.5) is 10.1 Å². The lowest BCUT2D eigenvalue weighted by Gasteiger charge is -2.07. The first-order valence-corrected chi connectivity index (χ1v) is 5.55. The van der Waals surface area contributed by atoms with E-state index in [1.54, 1.807) is 30.3 Å². The van der Waals surface area contributed by atoms with Gasteiger partial charge < -0.3 is 11.1 Å². The highest BCUT2D eigenvalue weighted by Gasteiger charge is 2.10. The maximum atomic E-state index is 13.4. The molecule has 0 aliphatic rings. The Morgan fingerprint density at radius 2 is 1.94 bits per heavy atom. The smallest absolute Gasteiger partial charge is 0.258 e. The number of anilines is 1. The van der Waals surface area contributed by atoms with Gasteiger partial charge in [0.15, 0.2) is 0 Å². The Bertz CT molecular complexity index is 569. The maximum absolute atomic E-state index is 13.4. The van der Waals surface area contributed by atoms with Crippen LogP contribution in [0.2, 0.25) is 0 Å². The molecule has 0 aliphatic carbocycles. The van der Waals surface area contributed by atoms with Gasteiger partial charge in [-0.15, -0.1) is 0 Å². The summed E-state index contributed by atoms with van der Waals surface area (Å²) in [5, 5.41) is 2.64. The number of amides is 1. The molecule has 0 spiro atoms. The molecule has 4 heteroatoms. The molecular weight excluding hydrogens is 231 g/mol. The fourth-order valence-corrected chi connectivity index (χ4v) is 1.62. The average molecular weight is 244 g/mol. The molecule has 0 bridgehead atoms. The molecule has 1 amide bonds. The van der Waals surface area contributed by atoms with Crippen molar-refractivity contribution in [2.24, 2.45) is 5.73 Å². The van der Waals surface area contributed by atoms with Crippen molar-refractivity contribution in [3.63, 3.8) is 0 Å². The van der Waals surface area contributed by atoms with Crippen LogP contribution in [-0.4, -0.2) is 5.91 Å². The van der Waals surface area contributed by atoms with Gasteiger partial charge >= 0.3 is 0 Å². The van der Waals surface area contributed by atoms with Crippen LogP contribution < -0.4 is 11.1 Å². The molecule has 0 aromatic heterocycles. The molecule has 3 nitrogen and oxygen atoms in total. The van der Waals surface area contributed by atoms with Gasteiger partial charge in [0.05, 0.1) is 5.56 Å². The number of carbonyl (C=O) groups is 1. The molecule has 92 valence electrons. The molecule has 2 aromatic carbocycles. The number of rotatable bonds is 3. The summed E-state index contributed by atoms with van der Waals surface area (Å²) in [6.07, 6.45) is 0. The average Bonchev–Trinajstić information content (AvgIpc) is 2.39. The summed E-state index contributed by atoms with van der Waals surface area (Å²) in [6, 6.07) is 13.0. The Morgan fingerprint density at radius 3 is 2.67 bits per heavy atom. The van der Waals surface area contributed by atoms with E-state index >= 15 is 0 Å². The summed E-state index contributed by atoms with van der Waals surface area (Å²) in [5.41, 5.74) is 7.04. The van der Waals surface area contributed by atoms with Crippen molar-refractivity contribution < 1.29 is 9.18 Å². The van der Waals surface area contributed by atoms with E-state index in [1.807, 2.05) is 6.07 Å². The molecule has 0 fully saturated rings. The zero-order chi connectivity index (χ0) is 13.0. The fourth-order valence-electron chi connectivity index (χ4n) is 1.62. The predicted octanol–water partition coefficient (Wildman–Crippen LogP) is 2.54. The monoisotopic (exact) mass is 244 g/mol. The van der Waals surface area contributed by atoms with Crippen molar-refractivity contribution in [2.75, 3.05) is 5.32 Å². The Kier molecular flexibility index (Phi) is 3.69. The maximum Gasteiger partial charge on any atom is 0.258 e. The Hall–Kier alpha value is -2.20. The number of nitrogens with two attached hydrogens (primary N) is 1. The minimum Gasteiger partial charge on any atom is -0.326 e. The SMILES string of the molecule is NCc1cccc(NC(=O)c2ccccc2F)c1. The van der Waals surface area contributed by atoms with E-state index in [1.165, 1.54) is 12.1 Å². The molecule has 0 aliphatic heterocycles. The van der Waals surface area contributed by atoms with Crippen LogP contribution in [0, 0.1) is 5.82 Å². The Morgan fingerprint density at radius 1 is 1.17 bits per heavy atom. The van der Waals surface area contributed by atoms with Gasteiger partial charge in [-0.05, 0) is 29.8 Å². The molecule has 3 N–H and O–H groups in total. The third-order valence-electron chi connectivity index (χ3n) is 2.54. The van der Waals surface area contributed by atoms with Crippen molar-refractivity contribution >= 4 is 11.6 Å². The summed E-state index contributed by atoms with van der Waals surface area (Å²) in [6.45, 7) is 0.392. The second-order valence-corrected chi connectivity index (χ2v) is 3.84. The summed E-state index contributed by atoms with van der Waals surface area (Å²) >= 11 is 0. The summed E-state index contributed by atoms with van der Waals surface area (Å²) < 4.78 is 13.4. The summed E-state index contributed by atoms with van der Waals surface area (Å²) in [7, 11) is 0. The third kappa shape index (κ3) is 2.73. The molecule has 0 saturated carbocycles. The van der Waals surface area contributed by atoms with Crippen LogP contribution in [0.1, 0.15) is 15.9 Å². The number of carbonyl (C=O) groups excluding carboxylic acids is 1. The topological polar surface area (TPSA) is 55.1 Å². The normalized spacial score (nSPS) is 10.1. The number of hydrogen-bond donors (Lipinski definition) is 2. The van der Waals surface area contributed by atoms with E-state index in [2.05, 4.69) is 5.32 Å². The van der Waals surface area contributed by atoms with Gasteiger partial charge in [-0.1, -0.05) is 24.3 Å². The summed E-state index contributed by atoms with van der Waals surface area (Å²) in [5.74, 6) is -1.01. The lowest BCUT2D eigenvalue weighted by molar-refractivity contribution is 0.102. The Balaban J connectivity index is 2.19. The van der Waals surface area contributed by atoms with Crippen LogP contribution in [0.25, 0.3) is 0 Å². The van der Waals surface area contributed by atoms with Crippen LogP contribution in [-0.2, 0) is 6.54 Å². The summed E-state index contributed by atoms with van der Waals surface area (Å²) in [4.78, 5) is 11.9. The van der Waals surface area contributed by atoms with Crippen LogP contribution in [0.3, 0.4) is 0 Å². The Labute approximate surface area is 104 Å². The molecule has 0 atom stereocenters. The first-order chi connectivity index (χ1) is 8.70.